The van der Waals surface area contributed by atoms with Crippen molar-refractivity contribution in [2.24, 2.45) is 0 Å². The van der Waals surface area contributed by atoms with Gasteiger partial charge in [-0.05, 0) is 30.0 Å². The second-order valence-corrected chi connectivity index (χ2v) is 5.04. The molecule has 2 aromatic rings. The van der Waals surface area contributed by atoms with Crippen molar-refractivity contribution in [1.82, 2.24) is 14.8 Å². The van der Waals surface area contributed by atoms with Crippen molar-refractivity contribution in [1.29, 1.82) is 0 Å². The first-order chi connectivity index (χ1) is 7.48. The molecule has 2 rings (SSSR count). The first-order valence-electron chi connectivity index (χ1n) is 5.46. The zero-order chi connectivity index (χ0) is 11.8. The molecule has 0 fully saturated rings. The van der Waals surface area contributed by atoms with Crippen LogP contribution >= 0.6 is 0 Å². The minimum absolute atomic E-state index is 0.144. The van der Waals surface area contributed by atoms with Gasteiger partial charge in [-0.1, -0.05) is 26.8 Å². The molecule has 0 atom stereocenters. The number of hydrogen-bond acceptors (Lipinski definition) is 2. The highest BCUT2D eigenvalue weighted by atomic mass is 15.3. The van der Waals surface area contributed by atoms with Crippen molar-refractivity contribution < 1.29 is 0 Å². The van der Waals surface area contributed by atoms with Crippen LogP contribution in [0, 0.1) is 6.92 Å². The number of aryl methyl sites for hydroxylation is 1. The topological polar surface area (TPSA) is 30.7 Å². The molecule has 0 aliphatic heterocycles. The number of hydrogen-bond donors (Lipinski definition) is 0. The standard InChI is InChI=1S/C13H17N3/c1-10-7-8-15-16(10)12-6-5-11(9-14-12)13(2,3)4/h5-9H,1-4H3. The second kappa shape index (κ2) is 3.74. The summed E-state index contributed by atoms with van der Waals surface area (Å²) in [4.78, 5) is 4.45. The Balaban J connectivity index is 2.37. The molecular weight excluding hydrogens is 198 g/mol. The average Bonchev–Trinajstić information content (AvgIpc) is 2.63. The smallest absolute Gasteiger partial charge is 0.153 e. The molecule has 0 spiro atoms. The second-order valence-electron chi connectivity index (χ2n) is 5.04. The summed E-state index contributed by atoms with van der Waals surface area (Å²) in [6.45, 7) is 8.57. The van der Waals surface area contributed by atoms with Crippen LogP contribution in [0.25, 0.3) is 5.82 Å². The predicted octanol–water partition coefficient (Wildman–Crippen LogP) is 2.87. The minimum Gasteiger partial charge on any atom is -0.237 e. The van der Waals surface area contributed by atoms with Gasteiger partial charge in [-0.2, -0.15) is 5.10 Å². The maximum Gasteiger partial charge on any atom is 0.153 e. The number of aromatic nitrogens is 3. The fraction of sp³-hybridized carbons (Fsp3) is 0.385. The van der Waals surface area contributed by atoms with E-state index in [0.29, 0.717) is 0 Å². The summed E-state index contributed by atoms with van der Waals surface area (Å²) < 4.78 is 1.84. The lowest BCUT2D eigenvalue weighted by molar-refractivity contribution is 0.586. The first-order valence-corrected chi connectivity index (χ1v) is 5.46. The summed E-state index contributed by atoms with van der Waals surface area (Å²) in [5.74, 6) is 0.871. The number of rotatable bonds is 1. The zero-order valence-electron chi connectivity index (χ0n) is 10.2. The van der Waals surface area contributed by atoms with Crippen LogP contribution in [0.5, 0.6) is 0 Å². The van der Waals surface area contributed by atoms with E-state index < -0.39 is 0 Å². The van der Waals surface area contributed by atoms with Gasteiger partial charge in [0.25, 0.3) is 0 Å². The maximum absolute atomic E-state index is 4.45. The molecule has 0 bridgehead atoms. The molecule has 0 amide bonds. The van der Waals surface area contributed by atoms with Gasteiger partial charge in [0.2, 0.25) is 0 Å². The molecule has 0 aliphatic rings. The Morgan fingerprint density at radius 2 is 1.88 bits per heavy atom. The van der Waals surface area contributed by atoms with E-state index in [9.17, 15) is 0 Å². The van der Waals surface area contributed by atoms with Crippen LogP contribution in [-0.4, -0.2) is 14.8 Å². The summed E-state index contributed by atoms with van der Waals surface area (Å²) in [5.41, 5.74) is 2.47. The zero-order valence-corrected chi connectivity index (χ0v) is 10.2. The van der Waals surface area contributed by atoms with Gasteiger partial charge in [0.15, 0.2) is 5.82 Å². The van der Waals surface area contributed by atoms with Crippen LogP contribution < -0.4 is 0 Å². The lowest BCUT2D eigenvalue weighted by Crippen LogP contribution is -2.12. The van der Waals surface area contributed by atoms with Gasteiger partial charge in [0, 0.05) is 18.1 Å². The van der Waals surface area contributed by atoms with Crippen LogP contribution in [-0.2, 0) is 5.41 Å². The van der Waals surface area contributed by atoms with Gasteiger partial charge < -0.3 is 0 Å². The Morgan fingerprint density at radius 1 is 1.12 bits per heavy atom. The highest BCUT2D eigenvalue weighted by Crippen LogP contribution is 2.21. The fourth-order valence-electron chi connectivity index (χ4n) is 1.56. The molecule has 0 N–H and O–H groups in total. The highest BCUT2D eigenvalue weighted by molar-refractivity contribution is 5.29. The summed E-state index contributed by atoms with van der Waals surface area (Å²) in [7, 11) is 0. The average molecular weight is 215 g/mol. The van der Waals surface area contributed by atoms with Crippen molar-refractivity contribution >= 4 is 0 Å². The molecule has 2 aromatic heterocycles. The minimum atomic E-state index is 0.144. The Labute approximate surface area is 96.1 Å². The molecule has 16 heavy (non-hydrogen) atoms. The van der Waals surface area contributed by atoms with Crippen LogP contribution in [0.1, 0.15) is 32.0 Å². The van der Waals surface area contributed by atoms with Crippen LogP contribution in [0.3, 0.4) is 0 Å². The van der Waals surface area contributed by atoms with E-state index in [2.05, 4.69) is 36.9 Å². The van der Waals surface area contributed by atoms with Gasteiger partial charge in [-0.15, -0.1) is 0 Å². The summed E-state index contributed by atoms with van der Waals surface area (Å²) in [6.07, 6.45) is 3.71. The van der Waals surface area contributed by atoms with Gasteiger partial charge in [-0.3, -0.25) is 0 Å². The number of nitrogens with zero attached hydrogens (tertiary/aromatic N) is 3. The van der Waals surface area contributed by atoms with E-state index in [1.54, 1.807) is 6.20 Å². The Kier molecular flexibility index (Phi) is 2.54. The highest BCUT2D eigenvalue weighted by Gasteiger charge is 2.14. The third kappa shape index (κ3) is 1.98. The third-order valence-corrected chi connectivity index (χ3v) is 2.66. The summed E-state index contributed by atoms with van der Waals surface area (Å²) >= 11 is 0. The lowest BCUT2D eigenvalue weighted by atomic mass is 9.88. The largest absolute Gasteiger partial charge is 0.237 e. The normalized spacial score (nSPS) is 11.8. The van der Waals surface area contributed by atoms with Crippen molar-refractivity contribution in [2.45, 2.75) is 33.1 Å². The molecule has 0 saturated heterocycles. The van der Waals surface area contributed by atoms with Crippen molar-refractivity contribution in [3.05, 3.63) is 41.9 Å². The SMILES string of the molecule is Cc1ccnn1-c1ccc(C(C)(C)C)cn1. The molecule has 0 aliphatic carbocycles. The molecule has 2 heterocycles. The monoisotopic (exact) mass is 215 g/mol. The quantitative estimate of drug-likeness (QED) is 0.732. The van der Waals surface area contributed by atoms with E-state index in [1.165, 1.54) is 5.56 Å². The van der Waals surface area contributed by atoms with E-state index in [4.69, 9.17) is 0 Å². The predicted molar refractivity (Wildman–Crippen MR) is 64.8 cm³/mol. The lowest BCUT2D eigenvalue weighted by Gasteiger charge is -2.18. The Bertz CT molecular complexity index is 475. The van der Waals surface area contributed by atoms with E-state index in [0.717, 1.165) is 11.5 Å². The first kappa shape index (κ1) is 10.9. The van der Waals surface area contributed by atoms with Crippen molar-refractivity contribution in [3.63, 3.8) is 0 Å². The summed E-state index contributed by atoms with van der Waals surface area (Å²) in [6, 6.07) is 6.10. The Morgan fingerprint density at radius 3 is 2.31 bits per heavy atom. The van der Waals surface area contributed by atoms with Crippen LogP contribution in [0.4, 0.5) is 0 Å². The Hall–Kier alpha value is -1.64. The summed E-state index contributed by atoms with van der Waals surface area (Å²) in [5, 5.41) is 4.23. The maximum atomic E-state index is 4.45. The van der Waals surface area contributed by atoms with Gasteiger partial charge >= 0.3 is 0 Å². The van der Waals surface area contributed by atoms with Gasteiger partial charge in [-0.25, -0.2) is 9.67 Å². The molecule has 0 aromatic carbocycles. The van der Waals surface area contributed by atoms with E-state index >= 15 is 0 Å². The molecule has 0 saturated carbocycles. The van der Waals surface area contributed by atoms with Gasteiger partial charge in [0.05, 0.1) is 0 Å². The van der Waals surface area contributed by atoms with E-state index in [1.807, 2.05) is 29.9 Å². The van der Waals surface area contributed by atoms with E-state index in [-0.39, 0.29) is 5.41 Å². The molecular formula is C13H17N3. The third-order valence-electron chi connectivity index (χ3n) is 2.66. The van der Waals surface area contributed by atoms with Crippen LogP contribution in [0.15, 0.2) is 30.6 Å². The van der Waals surface area contributed by atoms with Gasteiger partial charge in [0.1, 0.15) is 0 Å². The molecule has 0 radical (unpaired) electrons. The molecule has 84 valence electrons. The number of pyridine rings is 1. The fourth-order valence-corrected chi connectivity index (χ4v) is 1.56. The molecule has 3 nitrogen and oxygen atoms in total. The van der Waals surface area contributed by atoms with Crippen molar-refractivity contribution in [3.8, 4) is 5.82 Å². The molecule has 3 heteroatoms. The van der Waals surface area contributed by atoms with Crippen molar-refractivity contribution in [2.75, 3.05) is 0 Å². The van der Waals surface area contributed by atoms with Crippen LogP contribution in [0.2, 0.25) is 0 Å². The molecule has 0 unspecified atom stereocenters.